The first-order valence-corrected chi connectivity index (χ1v) is 17.4. The Morgan fingerprint density at radius 3 is 2.40 bits per heavy atom. The van der Waals surface area contributed by atoms with E-state index in [1.807, 2.05) is 13.8 Å². The van der Waals surface area contributed by atoms with Crippen LogP contribution in [-0.2, 0) is 9.59 Å². The zero-order chi connectivity index (χ0) is 34.7. The molecule has 1 aromatic heterocycles. The molecular formula is C35H51FN8O4. The number of carbonyl (C=O) groups excluding carboxylic acids is 2. The largest absolute Gasteiger partial charge is 0.480 e. The minimum atomic E-state index is -1.01. The normalized spacial score (nSPS) is 20.8. The smallest absolute Gasteiger partial charge is 0.320 e. The molecule has 1 aromatic carbocycles. The number of rotatable bonds is 11. The number of carboxylic acids is 1. The number of halogens is 1. The van der Waals surface area contributed by atoms with Gasteiger partial charge in [-0.05, 0) is 69.1 Å². The SMILES string of the molecule is CC[C@@H]1C(=O)N(CC)c2cnc(Nc3ccc(C(=O)NC4CCN(C(C[C@H](N)C(=O)O)C(C)(C)C)CC4)cc3F)nc2N1C1CCCC1. The van der Waals surface area contributed by atoms with E-state index in [2.05, 4.69) is 46.2 Å². The molecule has 262 valence electrons. The monoisotopic (exact) mass is 666 g/mol. The summed E-state index contributed by atoms with van der Waals surface area (Å²) in [5.74, 6) is -1.00. The lowest BCUT2D eigenvalue weighted by atomic mass is 9.81. The van der Waals surface area contributed by atoms with E-state index in [-0.39, 0.29) is 58.6 Å². The number of fused-ring (bicyclic) bond motifs is 1. The Balaban J connectivity index is 1.25. The van der Waals surface area contributed by atoms with Gasteiger partial charge < -0.3 is 31.3 Å². The van der Waals surface area contributed by atoms with Crippen LogP contribution in [0.4, 0.5) is 27.5 Å². The molecule has 5 N–H and O–H groups in total. The number of nitrogens with two attached hydrogens (primary N) is 1. The molecule has 1 unspecified atom stereocenters. The third kappa shape index (κ3) is 7.57. The molecule has 1 aliphatic carbocycles. The zero-order valence-electron chi connectivity index (χ0n) is 28.8. The molecule has 1 saturated carbocycles. The summed E-state index contributed by atoms with van der Waals surface area (Å²) in [7, 11) is 0. The van der Waals surface area contributed by atoms with Crippen LogP contribution < -0.4 is 26.2 Å². The van der Waals surface area contributed by atoms with Crippen molar-refractivity contribution in [1.29, 1.82) is 0 Å². The standard InChI is InChI=1S/C35H51FN8O4/c1-6-27-32(46)43(7-2)28-20-38-34(41-30(28)44(27)23-10-8-9-11-23)40-26-13-12-21(18-24(26)36)31(45)39-22-14-16-42(17-15-22)29(35(3,4)5)19-25(37)33(47)48/h12-13,18,20,22-23,25,27,29H,6-11,14-17,19,37H2,1-5H3,(H,39,45)(H,47,48)(H,38,40,41)/t25-,27+,29?/m0/s1. The molecule has 1 saturated heterocycles. The van der Waals surface area contributed by atoms with Crippen LogP contribution in [0, 0.1) is 11.2 Å². The minimum Gasteiger partial charge on any atom is -0.480 e. The van der Waals surface area contributed by atoms with Crippen molar-refractivity contribution in [1.82, 2.24) is 20.2 Å². The fraction of sp³-hybridized carbons (Fsp3) is 0.629. The highest BCUT2D eigenvalue weighted by Crippen LogP contribution is 2.40. The van der Waals surface area contributed by atoms with Gasteiger partial charge in [-0.25, -0.2) is 9.37 Å². The summed E-state index contributed by atoms with van der Waals surface area (Å²) in [5, 5.41) is 15.4. The number of hydrogen-bond donors (Lipinski definition) is 4. The highest BCUT2D eigenvalue weighted by molar-refractivity contribution is 6.05. The van der Waals surface area contributed by atoms with Gasteiger partial charge in [0.1, 0.15) is 23.6 Å². The van der Waals surface area contributed by atoms with Crippen molar-refractivity contribution in [2.45, 2.75) is 116 Å². The van der Waals surface area contributed by atoms with Crippen LogP contribution in [0.25, 0.3) is 0 Å². The lowest BCUT2D eigenvalue weighted by molar-refractivity contribution is -0.139. The number of hydrogen-bond acceptors (Lipinski definition) is 9. The average molecular weight is 667 g/mol. The molecule has 3 heterocycles. The van der Waals surface area contributed by atoms with Gasteiger partial charge in [-0.15, -0.1) is 0 Å². The molecule has 3 aliphatic rings. The molecule has 0 spiro atoms. The molecule has 0 radical (unpaired) electrons. The molecule has 2 aliphatic heterocycles. The number of anilines is 4. The zero-order valence-corrected chi connectivity index (χ0v) is 28.8. The van der Waals surface area contributed by atoms with Crippen LogP contribution in [0.5, 0.6) is 0 Å². The topological polar surface area (TPSA) is 157 Å². The van der Waals surface area contributed by atoms with Crippen LogP contribution in [0.15, 0.2) is 24.4 Å². The minimum absolute atomic E-state index is 0.0135. The van der Waals surface area contributed by atoms with Gasteiger partial charge in [-0.3, -0.25) is 19.3 Å². The van der Waals surface area contributed by atoms with E-state index < -0.39 is 17.8 Å². The number of carboxylic acid groups (broad SMARTS) is 1. The van der Waals surface area contributed by atoms with E-state index >= 15 is 4.39 Å². The first kappa shape index (κ1) is 35.5. The van der Waals surface area contributed by atoms with Crippen molar-refractivity contribution in [2.75, 3.05) is 34.8 Å². The fourth-order valence-electron chi connectivity index (χ4n) is 7.57. The van der Waals surface area contributed by atoms with E-state index in [1.165, 1.54) is 12.1 Å². The summed E-state index contributed by atoms with van der Waals surface area (Å²) in [6.07, 6.45) is 8.24. The third-order valence-corrected chi connectivity index (χ3v) is 10.2. The molecule has 3 atom stereocenters. The summed E-state index contributed by atoms with van der Waals surface area (Å²) in [6.45, 7) is 12.1. The van der Waals surface area contributed by atoms with E-state index in [0.29, 0.717) is 56.8 Å². The van der Waals surface area contributed by atoms with Gasteiger partial charge in [-0.2, -0.15) is 4.98 Å². The second-order valence-corrected chi connectivity index (χ2v) is 14.4. The first-order chi connectivity index (χ1) is 22.8. The quantitative estimate of drug-likeness (QED) is 0.266. The number of likely N-dealkylation sites (tertiary alicyclic amines) is 1. The van der Waals surface area contributed by atoms with Gasteiger partial charge in [0.05, 0.1) is 11.9 Å². The summed E-state index contributed by atoms with van der Waals surface area (Å²) >= 11 is 0. The highest BCUT2D eigenvalue weighted by Gasteiger charge is 2.42. The van der Waals surface area contributed by atoms with Gasteiger partial charge in [-0.1, -0.05) is 40.5 Å². The van der Waals surface area contributed by atoms with E-state index in [1.54, 1.807) is 17.2 Å². The van der Waals surface area contributed by atoms with Crippen LogP contribution in [0.2, 0.25) is 0 Å². The molecule has 48 heavy (non-hydrogen) atoms. The predicted octanol–water partition coefficient (Wildman–Crippen LogP) is 4.66. The second-order valence-electron chi connectivity index (χ2n) is 14.4. The molecule has 5 rings (SSSR count). The molecule has 2 amide bonds. The Kier molecular flexibility index (Phi) is 10.9. The van der Waals surface area contributed by atoms with Crippen molar-refractivity contribution in [2.24, 2.45) is 11.1 Å². The molecule has 2 aromatic rings. The number of nitrogens with one attached hydrogen (secondary N) is 2. The summed E-state index contributed by atoms with van der Waals surface area (Å²) < 4.78 is 15.4. The van der Waals surface area contributed by atoms with Gasteiger partial charge in [0, 0.05) is 43.3 Å². The van der Waals surface area contributed by atoms with E-state index in [4.69, 9.17) is 10.7 Å². The lowest BCUT2D eigenvalue weighted by Gasteiger charge is -2.44. The van der Waals surface area contributed by atoms with Crippen LogP contribution in [0.1, 0.15) is 96.3 Å². The number of likely N-dealkylation sites (N-methyl/N-ethyl adjacent to an activating group) is 1. The molecule has 12 nitrogen and oxygen atoms in total. The van der Waals surface area contributed by atoms with Crippen molar-refractivity contribution in [3.8, 4) is 0 Å². The molecular weight excluding hydrogens is 615 g/mol. The Hall–Kier alpha value is -3.84. The maximum atomic E-state index is 15.4. The number of aliphatic carboxylic acids is 1. The Labute approximate surface area is 282 Å². The Morgan fingerprint density at radius 2 is 1.81 bits per heavy atom. The molecule has 13 heteroatoms. The van der Waals surface area contributed by atoms with Gasteiger partial charge >= 0.3 is 5.97 Å². The van der Waals surface area contributed by atoms with Crippen molar-refractivity contribution < 1.29 is 23.9 Å². The number of piperidine rings is 1. The highest BCUT2D eigenvalue weighted by atomic mass is 19.1. The predicted molar refractivity (Wildman–Crippen MR) is 184 cm³/mol. The summed E-state index contributed by atoms with van der Waals surface area (Å²) in [5.41, 5.74) is 6.74. The fourth-order valence-corrected chi connectivity index (χ4v) is 7.57. The van der Waals surface area contributed by atoms with E-state index in [9.17, 15) is 19.5 Å². The number of carbonyl (C=O) groups is 3. The lowest BCUT2D eigenvalue weighted by Crippen LogP contribution is -2.56. The first-order valence-electron chi connectivity index (χ1n) is 17.4. The maximum Gasteiger partial charge on any atom is 0.320 e. The maximum absolute atomic E-state index is 15.4. The van der Waals surface area contributed by atoms with Crippen molar-refractivity contribution in [3.63, 3.8) is 0 Å². The van der Waals surface area contributed by atoms with Gasteiger partial charge in [0.2, 0.25) is 11.9 Å². The number of amides is 2. The van der Waals surface area contributed by atoms with Crippen molar-refractivity contribution >= 4 is 40.9 Å². The third-order valence-electron chi connectivity index (χ3n) is 10.2. The summed E-state index contributed by atoms with van der Waals surface area (Å²) in [4.78, 5) is 53.4. The molecule has 2 fully saturated rings. The number of nitrogens with zero attached hydrogens (tertiary/aromatic N) is 5. The van der Waals surface area contributed by atoms with Gasteiger partial charge in [0.15, 0.2) is 5.82 Å². The number of aromatic nitrogens is 2. The second kappa shape index (κ2) is 14.7. The van der Waals surface area contributed by atoms with Crippen LogP contribution in [-0.4, -0.2) is 87.6 Å². The van der Waals surface area contributed by atoms with Crippen LogP contribution in [0.3, 0.4) is 0 Å². The molecule has 0 bridgehead atoms. The summed E-state index contributed by atoms with van der Waals surface area (Å²) in [6, 6.07) is 3.18. The van der Waals surface area contributed by atoms with Crippen LogP contribution >= 0.6 is 0 Å². The Morgan fingerprint density at radius 1 is 1.12 bits per heavy atom. The van der Waals surface area contributed by atoms with Gasteiger partial charge in [0.25, 0.3) is 5.91 Å². The number of benzene rings is 1. The van der Waals surface area contributed by atoms with E-state index in [0.717, 1.165) is 25.7 Å². The van der Waals surface area contributed by atoms with Crippen molar-refractivity contribution in [3.05, 3.63) is 35.8 Å². The average Bonchev–Trinajstić information content (AvgIpc) is 3.58. The Bertz CT molecular complexity index is 1490.